The van der Waals surface area contributed by atoms with E-state index in [1.165, 1.54) is 18.2 Å². The summed E-state index contributed by atoms with van der Waals surface area (Å²) >= 11 is 0. The van der Waals surface area contributed by atoms with Crippen LogP contribution in [0.15, 0.2) is 42.5 Å². The fraction of sp³-hybridized carbons (Fsp3) is 0.0769. The van der Waals surface area contributed by atoms with Gasteiger partial charge in [0.05, 0.1) is 6.61 Å². The normalized spacial score (nSPS) is 10.4. The maximum atomic E-state index is 12.7. The summed E-state index contributed by atoms with van der Waals surface area (Å²) in [6.07, 6.45) is 0. The highest BCUT2D eigenvalue weighted by molar-refractivity contribution is 5.70. The number of hydrogen-bond donors (Lipinski definition) is 2. The fourth-order valence-electron chi connectivity index (χ4n) is 1.54. The number of halogens is 1. The van der Waals surface area contributed by atoms with Gasteiger partial charge in [-0.3, -0.25) is 0 Å². The SMILES string of the molecule is OCc1ccc(O)c(-c2ccc(F)cc2)c1. The van der Waals surface area contributed by atoms with Gasteiger partial charge in [-0.2, -0.15) is 0 Å². The molecule has 0 aromatic heterocycles. The quantitative estimate of drug-likeness (QED) is 0.813. The second-order valence-electron chi connectivity index (χ2n) is 3.52. The van der Waals surface area contributed by atoms with Crippen molar-refractivity contribution >= 4 is 0 Å². The Balaban J connectivity index is 2.50. The Kier molecular flexibility index (Phi) is 2.88. The molecule has 0 amide bonds. The number of aliphatic hydroxyl groups excluding tert-OH is 1. The Morgan fingerprint density at radius 1 is 1.00 bits per heavy atom. The molecule has 2 aromatic carbocycles. The minimum atomic E-state index is -0.318. The van der Waals surface area contributed by atoms with Crippen molar-refractivity contribution in [2.75, 3.05) is 0 Å². The van der Waals surface area contributed by atoms with Crippen LogP contribution in [0.4, 0.5) is 4.39 Å². The van der Waals surface area contributed by atoms with Crippen molar-refractivity contribution in [2.45, 2.75) is 6.61 Å². The number of phenols is 1. The summed E-state index contributed by atoms with van der Waals surface area (Å²) in [4.78, 5) is 0. The standard InChI is InChI=1S/C13H11FO2/c14-11-4-2-10(3-5-11)12-7-9(8-15)1-6-13(12)16/h1-7,15-16H,8H2. The highest BCUT2D eigenvalue weighted by atomic mass is 19.1. The average molecular weight is 218 g/mol. The van der Waals surface area contributed by atoms with E-state index < -0.39 is 0 Å². The van der Waals surface area contributed by atoms with Gasteiger partial charge in [0.15, 0.2) is 0 Å². The Morgan fingerprint density at radius 3 is 2.31 bits per heavy atom. The predicted molar refractivity (Wildman–Crippen MR) is 59.4 cm³/mol. The maximum Gasteiger partial charge on any atom is 0.123 e. The summed E-state index contributed by atoms with van der Waals surface area (Å²) in [6.45, 7) is -0.0888. The van der Waals surface area contributed by atoms with Gasteiger partial charge in [-0.1, -0.05) is 18.2 Å². The molecule has 0 saturated carbocycles. The van der Waals surface area contributed by atoms with Gasteiger partial charge in [0.25, 0.3) is 0 Å². The van der Waals surface area contributed by atoms with Gasteiger partial charge >= 0.3 is 0 Å². The first-order valence-corrected chi connectivity index (χ1v) is 4.89. The molecular formula is C13H11FO2. The minimum absolute atomic E-state index is 0.0888. The van der Waals surface area contributed by atoms with E-state index in [1.807, 2.05) is 0 Å². The lowest BCUT2D eigenvalue weighted by atomic mass is 10.0. The van der Waals surface area contributed by atoms with Crippen LogP contribution >= 0.6 is 0 Å². The summed E-state index contributed by atoms with van der Waals surface area (Å²) in [6, 6.07) is 10.7. The second-order valence-corrected chi connectivity index (χ2v) is 3.52. The second kappa shape index (κ2) is 4.33. The third-order valence-electron chi connectivity index (χ3n) is 2.40. The van der Waals surface area contributed by atoms with Crippen molar-refractivity contribution in [1.82, 2.24) is 0 Å². The monoisotopic (exact) mass is 218 g/mol. The van der Waals surface area contributed by atoms with Gasteiger partial charge < -0.3 is 10.2 Å². The van der Waals surface area contributed by atoms with Crippen LogP contribution in [0, 0.1) is 5.82 Å². The van der Waals surface area contributed by atoms with E-state index in [9.17, 15) is 9.50 Å². The molecule has 0 atom stereocenters. The van der Waals surface area contributed by atoms with Crippen LogP contribution in [0.3, 0.4) is 0 Å². The molecule has 0 radical (unpaired) electrons. The van der Waals surface area contributed by atoms with Crippen molar-refractivity contribution in [2.24, 2.45) is 0 Å². The van der Waals surface area contributed by atoms with E-state index >= 15 is 0 Å². The van der Waals surface area contributed by atoms with Crippen LogP contribution in [0.2, 0.25) is 0 Å². The average Bonchev–Trinajstić information content (AvgIpc) is 2.31. The van der Waals surface area contributed by atoms with Gasteiger partial charge in [0.1, 0.15) is 11.6 Å². The fourth-order valence-corrected chi connectivity index (χ4v) is 1.54. The summed E-state index contributed by atoms with van der Waals surface area (Å²) in [5, 5.41) is 18.7. The lowest BCUT2D eigenvalue weighted by molar-refractivity contribution is 0.282. The lowest BCUT2D eigenvalue weighted by Gasteiger charge is -2.06. The highest BCUT2D eigenvalue weighted by Crippen LogP contribution is 2.30. The van der Waals surface area contributed by atoms with Crippen LogP contribution in [-0.2, 0) is 6.61 Å². The van der Waals surface area contributed by atoms with Crippen LogP contribution in [-0.4, -0.2) is 10.2 Å². The predicted octanol–water partition coefficient (Wildman–Crippen LogP) is 2.69. The molecule has 2 N–H and O–H groups in total. The zero-order valence-corrected chi connectivity index (χ0v) is 8.52. The van der Waals surface area contributed by atoms with Crippen LogP contribution in [0.25, 0.3) is 11.1 Å². The molecule has 16 heavy (non-hydrogen) atoms. The zero-order chi connectivity index (χ0) is 11.5. The van der Waals surface area contributed by atoms with Crippen molar-refractivity contribution < 1.29 is 14.6 Å². The Hall–Kier alpha value is -1.87. The molecule has 0 heterocycles. The molecule has 2 aromatic rings. The number of benzene rings is 2. The Labute approximate surface area is 92.6 Å². The molecule has 0 unspecified atom stereocenters. The Bertz CT molecular complexity index is 492. The molecule has 82 valence electrons. The smallest absolute Gasteiger partial charge is 0.123 e. The molecular weight excluding hydrogens is 207 g/mol. The topological polar surface area (TPSA) is 40.5 Å². The van der Waals surface area contributed by atoms with Crippen molar-refractivity contribution in [3.8, 4) is 16.9 Å². The van der Waals surface area contributed by atoms with Crippen molar-refractivity contribution in [1.29, 1.82) is 0 Å². The van der Waals surface area contributed by atoms with Gasteiger partial charge in [0.2, 0.25) is 0 Å². The van der Waals surface area contributed by atoms with E-state index in [0.29, 0.717) is 16.7 Å². The van der Waals surface area contributed by atoms with Crippen LogP contribution in [0.5, 0.6) is 5.75 Å². The van der Waals surface area contributed by atoms with Crippen LogP contribution < -0.4 is 0 Å². The zero-order valence-electron chi connectivity index (χ0n) is 8.52. The van der Waals surface area contributed by atoms with E-state index in [2.05, 4.69) is 0 Å². The number of aromatic hydroxyl groups is 1. The molecule has 2 nitrogen and oxygen atoms in total. The molecule has 0 aliphatic carbocycles. The molecule has 0 aliphatic rings. The third kappa shape index (κ3) is 2.04. The molecule has 0 spiro atoms. The first kappa shape index (κ1) is 10.6. The van der Waals surface area contributed by atoms with Crippen molar-refractivity contribution in [3.05, 3.63) is 53.8 Å². The van der Waals surface area contributed by atoms with Crippen molar-refractivity contribution in [3.63, 3.8) is 0 Å². The van der Waals surface area contributed by atoms with Gasteiger partial charge in [-0.15, -0.1) is 0 Å². The highest BCUT2D eigenvalue weighted by Gasteiger charge is 2.05. The number of rotatable bonds is 2. The first-order valence-electron chi connectivity index (χ1n) is 4.89. The van der Waals surface area contributed by atoms with E-state index in [0.717, 1.165) is 0 Å². The maximum absolute atomic E-state index is 12.7. The number of aliphatic hydroxyl groups is 1. The van der Waals surface area contributed by atoms with Crippen LogP contribution in [0.1, 0.15) is 5.56 Å². The molecule has 0 bridgehead atoms. The van der Waals surface area contributed by atoms with E-state index in [4.69, 9.17) is 5.11 Å². The summed E-state index contributed by atoms with van der Waals surface area (Å²) < 4.78 is 12.7. The largest absolute Gasteiger partial charge is 0.507 e. The molecule has 3 heteroatoms. The number of phenolic OH excluding ortho intramolecular Hbond substituents is 1. The van der Waals surface area contributed by atoms with Gasteiger partial charge in [-0.05, 0) is 35.4 Å². The lowest BCUT2D eigenvalue weighted by Crippen LogP contribution is -1.86. The molecule has 2 rings (SSSR count). The summed E-state index contributed by atoms with van der Waals surface area (Å²) in [5.41, 5.74) is 2.01. The minimum Gasteiger partial charge on any atom is -0.507 e. The summed E-state index contributed by atoms with van der Waals surface area (Å²) in [7, 11) is 0. The number of hydrogen-bond acceptors (Lipinski definition) is 2. The van der Waals surface area contributed by atoms with Gasteiger partial charge in [0, 0.05) is 5.56 Å². The van der Waals surface area contributed by atoms with E-state index in [1.54, 1.807) is 24.3 Å². The summed E-state index contributed by atoms with van der Waals surface area (Å²) in [5.74, 6) is -0.203. The Morgan fingerprint density at radius 2 is 1.69 bits per heavy atom. The first-order chi connectivity index (χ1) is 7.70. The van der Waals surface area contributed by atoms with E-state index in [-0.39, 0.29) is 18.2 Å². The third-order valence-corrected chi connectivity index (χ3v) is 2.40. The molecule has 0 fully saturated rings. The van der Waals surface area contributed by atoms with Gasteiger partial charge in [-0.25, -0.2) is 4.39 Å². The molecule has 0 saturated heterocycles. The molecule has 0 aliphatic heterocycles.